The zero-order chi connectivity index (χ0) is 9.61. The standard InChI is InChI=1S/C10H20N2/c1-6-9(11-5)8-12-10(3,4)7-2/h8,12H,5-7H2,1-4H3/b9-8-. The molecule has 2 heteroatoms. The van der Waals surface area contributed by atoms with Gasteiger partial charge in [-0.2, -0.15) is 0 Å². The SMILES string of the molecule is C=N/C(=C\NC(C)(C)CC)CC. The first-order chi connectivity index (χ1) is 5.55. The van der Waals surface area contributed by atoms with Gasteiger partial charge in [-0.15, -0.1) is 0 Å². The molecule has 0 amide bonds. The van der Waals surface area contributed by atoms with Crippen LogP contribution < -0.4 is 5.32 Å². The largest absolute Gasteiger partial charge is 0.385 e. The average Bonchev–Trinajstić information content (AvgIpc) is 2.06. The summed E-state index contributed by atoms with van der Waals surface area (Å²) in [5.41, 5.74) is 1.17. The fraction of sp³-hybridized carbons (Fsp3) is 0.700. The van der Waals surface area contributed by atoms with E-state index in [0.29, 0.717) is 0 Å². The van der Waals surface area contributed by atoms with Crippen molar-refractivity contribution in [3.8, 4) is 0 Å². The minimum Gasteiger partial charge on any atom is -0.385 e. The lowest BCUT2D eigenvalue weighted by molar-refractivity contribution is 0.426. The first-order valence-corrected chi connectivity index (χ1v) is 4.49. The Hall–Kier alpha value is -0.790. The fourth-order valence-electron chi connectivity index (χ4n) is 0.640. The van der Waals surface area contributed by atoms with E-state index in [1.54, 1.807) is 0 Å². The molecule has 0 atom stereocenters. The van der Waals surface area contributed by atoms with E-state index in [1.807, 2.05) is 6.20 Å². The van der Waals surface area contributed by atoms with Gasteiger partial charge >= 0.3 is 0 Å². The van der Waals surface area contributed by atoms with Crippen molar-refractivity contribution in [2.75, 3.05) is 0 Å². The molecule has 0 bridgehead atoms. The Kier molecular flexibility index (Phi) is 4.64. The Balaban J connectivity index is 4.09. The van der Waals surface area contributed by atoms with Crippen LogP contribution in [0, 0.1) is 0 Å². The molecule has 0 aromatic carbocycles. The van der Waals surface area contributed by atoms with Crippen molar-refractivity contribution in [1.29, 1.82) is 0 Å². The van der Waals surface area contributed by atoms with Gasteiger partial charge in [0.25, 0.3) is 0 Å². The first kappa shape index (κ1) is 11.2. The van der Waals surface area contributed by atoms with Gasteiger partial charge in [0.05, 0.1) is 5.70 Å². The molecule has 0 aliphatic carbocycles. The third-order valence-electron chi connectivity index (χ3n) is 2.08. The van der Waals surface area contributed by atoms with E-state index in [2.05, 4.69) is 44.7 Å². The lowest BCUT2D eigenvalue weighted by Gasteiger charge is -2.23. The molecule has 70 valence electrons. The smallest absolute Gasteiger partial charge is 0.0550 e. The van der Waals surface area contributed by atoms with Crippen LogP contribution in [0.15, 0.2) is 16.9 Å². The maximum Gasteiger partial charge on any atom is 0.0550 e. The number of hydrogen-bond donors (Lipinski definition) is 1. The number of nitrogens with zero attached hydrogens (tertiary/aromatic N) is 1. The van der Waals surface area contributed by atoms with Crippen LogP contribution in [0.4, 0.5) is 0 Å². The Morgan fingerprint density at radius 2 is 2.08 bits per heavy atom. The van der Waals surface area contributed by atoms with Gasteiger partial charge in [-0.1, -0.05) is 13.8 Å². The predicted molar refractivity (Wildman–Crippen MR) is 55.4 cm³/mol. The minimum atomic E-state index is 0.158. The lowest BCUT2D eigenvalue weighted by atomic mass is 10.0. The van der Waals surface area contributed by atoms with Crippen LogP contribution in [-0.4, -0.2) is 12.3 Å². The summed E-state index contributed by atoms with van der Waals surface area (Å²) in [6, 6.07) is 0. The molecule has 12 heavy (non-hydrogen) atoms. The Morgan fingerprint density at radius 3 is 2.42 bits per heavy atom. The van der Waals surface area contributed by atoms with Crippen LogP contribution in [0.5, 0.6) is 0 Å². The van der Waals surface area contributed by atoms with Crippen LogP contribution in [0.3, 0.4) is 0 Å². The Morgan fingerprint density at radius 1 is 1.50 bits per heavy atom. The molecule has 0 saturated heterocycles. The molecule has 0 unspecified atom stereocenters. The molecule has 0 aromatic rings. The molecule has 0 radical (unpaired) electrons. The van der Waals surface area contributed by atoms with Gasteiger partial charge < -0.3 is 5.32 Å². The molecule has 0 aromatic heterocycles. The van der Waals surface area contributed by atoms with Gasteiger partial charge in [0.1, 0.15) is 0 Å². The molecule has 0 aliphatic heterocycles. The van der Waals surface area contributed by atoms with Crippen molar-refractivity contribution in [1.82, 2.24) is 5.32 Å². The highest BCUT2D eigenvalue weighted by molar-refractivity contribution is 5.28. The lowest BCUT2D eigenvalue weighted by Crippen LogP contribution is -2.34. The van der Waals surface area contributed by atoms with E-state index in [4.69, 9.17) is 0 Å². The van der Waals surface area contributed by atoms with Crippen molar-refractivity contribution in [3.63, 3.8) is 0 Å². The summed E-state index contributed by atoms with van der Waals surface area (Å²) in [5, 5.41) is 3.31. The molecule has 0 saturated carbocycles. The van der Waals surface area contributed by atoms with E-state index in [1.165, 1.54) is 0 Å². The van der Waals surface area contributed by atoms with E-state index < -0.39 is 0 Å². The molecule has 2 nitrogen and oxygen atoms in total. The summed E-state index contributed by atoms with van der Waals surface area (Å²) >= 11 is 0. The minimum absolute atomic E-state index is 0.158. The van der Waals surface area contributed by atoms with Crippen LogP contribution in [0.2, 0.25) is 0 Å². The quantitative estimate of drug-likeness (QED) is 0.627. The van der Waals surface area contributed by atoms with Crippen molar-refractivity contribution >= 4 is 6.72 Å². The van der Waals surface area contributed by atoms with Crippen molar-refractivity contribution in [2.45, 2.75) is 46.1 Å². The van der Waals surface area contributed by atoms with Gasteiger partial charge in [0.2, 0.25) is 0 Å². The zero-order valence-electron chi connectivity index (χ0n) is 8.65. The van der Waals surface area contributed by atoms with Gasteiger partial charge in [-0.25, -0.2) is 0 Å². The number of rotatable bonds is 5. The van der Waals surface area contributed by atoms with Gasteiger partial charge in [0.15, 0.2) is 0 Å². The van der Waals surface area contributed by atoms with Crippen molar-refractivity contribution in [3.05, 3.63) is 11.9 Å². The summed E-state index contributed by atoms with van der Waals surface area (Å²) in [6.45, 7) is 12.1. The van der Waals surface area contributed by atoms with E-state index in [0.717, 1.165) is 18.5 Å². The van der Waals surface area contributed by atoms with Crippen LogP contribution in [-0.2, 0) is 0 Å². The van der Waals surface area contributed by atoms with Gasteiger partial charge in [-0.05, 0) is 33.4 Å². The highest BCUT2D eigenvalue weighted by Gasteiger charge is 2.11. The number of aliphatic imine (C=N–C) groups is 1. The van der Waals surface area contributed by atoms with E-state index in [-0.39, 0.29) is 5.54 Å². The molecule has 1 N–H and O–H groups in total. The average molecular weight is 168 g/mol. The predicted octanol–water partition coefficient (Wildman–Crippen LogP) is 2.72. The normalized spacial score (nSPS) is 12.8. The molecule has 0 fully saturated rings. The van der Waals surface area contributed by atoms with Gasteiger partial charge in [0, 0.05) is 11.7 Å². The summed E-state index contributed by atoms with van der Waals surface area (Å²) < 4.78 is 0. The summed E-state index contributed by atoms with van der Waals surface area (Å²) in [4.78, 5) is 3.89. The maximum atomic E-state index is 3.89. The van der Waals surface area contributed by atoms with Crippen LogP contribution >= 0.6 is 0 Å². The second-order valence-corrected chi connectivity index (χ2v) is 3.53. The molecule has 0 heterocycles. The van der Waals surface area contributed by atoms with Crippen LogP contribution in [0.25, 0.3) is 0 Å². The Bertz CT molecular complexity index is 169. The molecule has 0 spiro atoms. The highest BCUT2D eigenvalue weighted by atomic mass is 14.9. The maximum absolute atomic E-state index is 3.89. The number of allylic oxidation sites excluding steroid dienone is 1. The molecule has 0 aliphatic rings. The van der Waals surface area contributed by atoms with E-state index >= 15 is 0 Å². The topological polar surface area (TPSA) is 24.4 Å². The van der Waals surface area contributed by atoms with Crippen molar-refractivity contribution in [2.24, 2.45) is 4.99 Å². The van der Waals surface area contributed by atoms with Crippen LogP contribution in [0.1, 0.15) is 40.5 Å². The molecule has 0 rings (SSSR count). The number of nitrogens with one attached hydrogen (secondary N) is 1. The summed E-state index contributed by atoms with van der Waals surface area (Å²) in [7, 11) is 0. The third kappa shape index (κ3) is 4.16. The summed E-state index contributed by atoms with van der Waals surface area (Å²) in [6.07, 6.45) is 3.98. The number of hydrogen-bond acceptors (Lipinski definition) is 2. The monoisotopic (exact) mass is 168 g/mol. The zero-order valence-corrected chi connectivity index (χ0v) is 8.65. The van der Waals surface area contributed by atoms with Gasteiger partial charge in [-0.3, -0.25) is 4.99 Å². The second kappa shape index (κ2) is 4.96. The first-order valence-electron chi connectivity index (χ1n) is 4.49. The molecular weight excluding hydrogens is 148 g/mol. The molecular formula is C10H20N2. The summed E-state index contributed by atoms with van der Waals surface area (Å²) in [5.74, 6) is 0. The third-order valence-corrected chi connectivity index (χ3v) is 2.08. The Labute approximate surface area is 75.8 Å². The highest BCUT2D eigenvalue weighted by Crippen LogP contribution is 2.08. The van der Waals surface area contributed by atoms with E-state index in [9.17, 15) is 0 Å². The second-order valence-electron chi connectivity index (χ2n) is 3.53. The van der Waals surface area contributed by atoms with Crippen molar-refractivity contribution < 1.29 is 0 Å². The fourth-order valence-corrected chi connectivity index (χ4v) is 0.640.